The van der Waals surface area contributed by atoms with Gasteiger partial charge in [0.05, 0.1) is 11.3 Å². The van der Waals surface area contributed by atoms with E-state index in [1.807, 2.05) is 17.9 Å². The molecule has 3 aromatic rings. The number of pyridine rings is 1. The van der Waals surface area contributed by atoms with Crippen molar-refractivity contribution in [2.24, 2.45) is 0 Å². The van der Waals surface area contributed by atoms with E-state index in [2.05, 4.69) is 20.3 Å². The monoisotopic (exact) mass is 428 g/mol. The summed E-state index contributed by atoms with van der Waals surface area (Å²) in [5.41, 5.74) is 7.59. The Morgan fingerprint density at radius 1 is 1.19 bits per heavy atom. The van der Waals surface area contributed by atoms with Gasteiger partial charge >= 0.3 is 6.18 Å². The third kappa shape index (κ3) is 4.57. The molecule has 4 rings (SSSR count). The van der Waals surface area contributed by atoms with Gasteiger partial charge in [0.1, 0.15) is 11.5 Å². The molecule has 31 heavy (non-hydrogen) atoms. The number of fused-ring (bicyclic) bond motifs is 1. The molecule has 2 aromatic heterocycles. The quantitative estimate of drug-likeness (QED) is 0.662. The molecule has 0 saturated heterocycles. The van der Waals surface area contributed by atoms with Gasteiger partial charge in [0.25, 0.3) is 5.91 Å². The van der Waals surface area contributed by atoms with Crippen LogP contribution in [0.4, 0.5) is 30.6 Å². The molecule has 0 spiro atoms. The van der Waals surface area contributed by atoms with Crippen LogP contribution >= 0.6 is 0 Å². The van der Waals surface area contributed by atoms with Gasteiger partial charge in [-0.3, -0.25) is 4.79 Å². The highest BCUT2D eigenvalue weighted by Gasteiger charge is 2.30. The Bertz CT molecular complexity index is 1150. The average Bonchev–Trinajstić information content (AvgIpc) is 2.72. The van der Waals surface area contributed by atoms with Gasteiger partial charge in [-0.25, -0.2) is 15.0 Å². The van der Waals surface area contributed by atoms with Gasteiger partial charge in [-0.1, -0.05) is 6.07 Å². The highest BCUT2D eigenvalue weighted by molar-refractivity contribution is 6.03. The molecule has 1 aromatic carbocycles. The Labute approximate surface area is 176 Å². The SMILES string of the molecule is Cc1cc(C(=O)Nc2cccc(C(F)(F)F)c2)nc(N2CCc3nc(N)ncc3C2)c1. The van der Waals surface area contributed by atoms with Gasteiger partial charge in [-0.15, -0.1) is 0 Å². The van der Waals surface area contributed by atoms with E-state index in [1.54, 1.807) is 12.3 Å². The first-order valence-corrected chi connectivity index (χ1v) is 9.51. The van der Waals surface area contributed by atoms with Crippen LogP contribution in [0.3, 0.4) is 0 Å². The highest BCUT2D eigenvalue weighted by Crippen LogP contribution is 2.31. The van der Waals surface area contributed by atoms with Crippen LogP contribution in [0.5, 0.6) is 0 Å². The summed E-state index contributed by atoms with van der Waals surface area (Å²) in [7, 11) is 0. The number of carbonyl (C=O) groups excluding carboxylic acids is 1. The molecule has 0 aliphatic carbocycles. The Balaban J connectivity index is 1.56. The molecule has 0 atom stereocenters. The summed E-state index contributed by atoms with van der Waals surface area (Å²) in [5.74, 6) is 0.240. The van der Waals surface area contributed by atoms with Crippen LogP contribution < -0.4 is 16.0 Å². The highest BCUT2D eigenvalue weighted by atomic mass is 19.4. The summed E-state index contributed by atoms with van der Waals surface area (Å²) in [6.07, 6.45) is -2.15. The van der Waals surface area contributed by atoms with Crippen molar-refractivity contribution in [1.82, 2.24) is 15.0 Å². The van der Waals surface area contributed by atoms with Crippen molar-refractivity contribution in [2.75, 3.05) is 22.5 Å². The zero-order valence-corrected chi connectivity index (χ0v) is 16.6. The van der Waals surface area contributed by atoms with Gasteiger partial charge in [-0.05, 0) is 42.8 Å². The number of aromatic nitrogens is 3. The second kappa shape index (κ2) is 7.86. The standard InChI is InChI=1S/C21H19F3N6O/c1-12-7-17(19(31)27-15-4-2-3-14(9-15)21(22,23)24)28-18(8-12)30-6-5-16-13(11-30)10-26-20(25)29-16/h2-4,7-10H,5-6,11H2,1H3,(H,27,31)(H2,25,26,29). The van der Waals surface area contributed by atoms with Gasteiger partial charge in [-0.2, -0.15) is 13.2 Å². The van der Waals surface area contributed by atoms with Crippen molar-refractivity contribution in [3.05, 3.63) is 70.7 Å². The number of nitrogens with one attached hydrogen (secondary N) is 1. The number of anilines is 3. The second-order valence-corrected chi connectivity index (χ2v) is 7.29. The molecule has 0 unspecified atom stereocenters. The molecule has 1 amide bonds. The number of hydrogen-bond donors (Lipinski definition) is 2. The van der Waals surface area contributed by atoms with Crippen LogP contribution in [0.2, 0.25) is 0 Å². The lowest BCUT2D eigenvalue weighted by Gasteiger charge is -2.29. The largest absolute Gasteiger partial charge is 0.416 e. The topological polar surface area (TPSA) is 97.0 Å². The van der Waals surface area contributed by atoms with Crippen LogP contribution in [-0.4, -0.2) is 27.4 Å². The van der Waals surface area contributed by atoms with E-state index >= 15 is 0 Å². The van der Waals surface area contributed by atoms with E-state index in [9.17, 15) is 18.0 Å². The van der Waals surface area contributed by atoms with E-state index in [-0.39, 0.29) is 17.3 Å². The molecule has 0 fully saturated rings. The van der Waals surface area contributed by atoms with Crippen molar-refractivity contribution >= 4 is 23.4 Å². The average molecular weight is 428 g/mol. The molecule has 0 bridgehead atoms. The number of nitrogens with two attached hydrogens (primary N) is 1. The predicted molar refractivity (Wildman–Crippen MR) is 110 cm³/mol. The predicted octanol–water partition coefficient (Wildman–Crippen LogP) is 3.60. The maximum atomic E-state index is 12.9. The van der Waals surface area contributed by atoms with Gasteiger partial charge < -0.3 is 16.0 Å². The summed E-state index contributed by atoms with van der Waals surface area (Å²) in [4.78, 5) is 27.4. The number of halogens is 3. The van der Waals surface area contributed by atoms with Crippen LogP contribution in [-0.2, 0) is 19.1 Å². The number of benzene rings is 1. The molecular weight excluding hydrogens is 409 g/mol. The Morgan fingerprint density at radius 2 is 2.00 bits per heavy atom. The summed E-state index contributed by atoms with van der Waals surface area (Å²) in [6, 6.07) is 7.93. The summed E-state index contributed by atoms with van der Waals surface area (Å²) in [5, 5.41) is 2.50. The fraction of sp³-hybridized carbons (Fsp3) is 0.238. The summed E-state index contributed by atoms with van der Waals surface area (Å²) < 4.78 is 38.8. The van der Waals surface area contributed by atoms with Crippen molar-refractivity contribution in [2.45, 2.75) is 26.1 Å². The number of nitrogen functional groups attached to an aromatic ring is 1. The second-order valence-electron chi connectivity index (χ2n) is 7.29. The molecule has 7 nitrogen and oxygen atoms in total. The fourth-order valence-electron chi connectivity index (χ4n) is 3.42. The van der Waals surface area contributed by atoms with E-state index < -0.39 is 17.6 Å². The normalized spacial score (nSPS) is 13.6. The minimum atomic E-state index is -4.49. The van der Waals surface area contributed by atoms with Gasteiger partial charge in [0.2, 0.25) is 5.95 Å². The molecule has 0 saturated carbocycles. The number of hydrogen-bond acceptors (Lipinski definition) is 6. The minimum Gasteiger partial charge on any atom is -0.368 e. The molecule has 3 N–H and O–H groups in total. The first-order valence-electron chi connectivity index (χ1n) is 9.51. The number of rotatable bonds is 3. The molecular formula is C21H19F3N6O. The first-order chi connectivity index (χ1) is 14.7. The number of carbonyl (C=O) groups is 1. The molecule has 1 aliphatic heterocycles. The lowest BCUT2D eigenvalue weighted by molar-refractivity contribution is -0.137. The zero-order valence-electron chi connectivity index (χ0n) is 16.6. The van der Waals surface area contributed by atoms with E-state index in [1.165, 1.54) is 12.1 Å². The van der Waals surface area contributed by atoms with Crippen LogP contribution in [0.25, 0.3) is 0 Å². The van der Waals surface area contributed by atoms with E-state index in [4.69, 9.17) is 5.73 Å². The maximum absolute atomic E-state index is 12.9. The Hall–Kier alpha value is -3.69. The summed E-state index contributed by atoms with van der Waals surface area (Å²) >= 11 is 0. The van der Waals surface area contributed by atoms with Crippen molar-refractivity contribution in [3.8, 4) is 0 Å². The lowest BCUT2D eigenvalue weighted by atomic mass is 10.1. The Morgan fingerprint density at radius 3 is 2.77 bits per heavy atom. The Kier molecular flexibility index (Phi) is 5.22. The number of amides is 1. The molecule has 160 valence electrons. The maximum Gasteiger partial charge on any atom is 0.416 e. The molecule has 3 heterocycles. The molecule has 0 radical (unpaired) electrons. The van der Waals surface area contributed by atoms with Crippen LogP contribution in [0.15, 0.2) is 42.6 Å². The van der Waals surface area contributed by atoms with Crippen LogP contribution in [0.1, 0.15) is 32.9 Å². The third-order valence-corrected chi connectivity index (χ3v) is 4.91. The molecule has 1 aliphatic rings. The fourth-order valence-corrected chi connectivity index (χ4v) is 3.42. The van der Waals surface area contributed by atoms with E-state index in [0.717, 1.165) is 29.0 Å². The molecule has 10 heteroatoms. The number of nitrogens with zero attached hydrogens (tertiary/aromatic N) is 4. The number of alkyl halides is 3. The summed E-state index contributed by atoms with van der Waals surface area (Å²) in [6.45, 7) is 2.98. The van der Waals surface area contributed by atoms with Crippen molar-refractivity contribution in [1.29, 1.82) is 0 Å². The first kappa shape index (κ1) is 20.6. The third-order valence-electron chi connectivity index (χ3n) is 4.91. The zero-order chi connectivity index (χ0) is 22.2. The van der Waals surface area contributed by atoms with Crippen LogP contribution in [0, 0.1) is 6.92 Å². The number of aryl methyl sites for hydroxylation is 1. The van der Waals surface area contributed by atoms with Crippen molar-refractivity contribution in [3.63, 3.8) is 0 Å². The smallest absolute Gasteiger partial charge is 0.368 e. The minimum absolute atomic E-state index is 0.0475. The van der Waals surface area contributed by atoms with Gasteiger partial charge in [0, 0.05) is 37.0 Å². The van der Waals surface area contributed by atoms with Gasteiger partial charge in [0.15, 0.2) is 0 Å². The van der Waals surface area contributed by atoms with Crippen molar-refractivity contribution < 1.29 is 18.0 Å². The lowest BCUT2D eigenvalue weighted by Crippen LogP contribution is -2.32. The van der Waals surface area contributed by atoms with E-state index in [0.29, 0.717) is 25.3 Å².